The van der Waals surface area contributed by atoms with Crippen molar-refractivity contribution in [3.63, 3.8) is 0 Å². The lowest BCUT2D eigenvalue weighted by Gasteiger charge is -2.20. The minimum Gasteiger partial charge on any atom is -0.451 e. The maximum absolute atomic E-state index is 12.1. The summed E-state index contributed by atoms with van der Waals surface area (Å²) in [6, 6.07) is 0. The van der Waals surface area contributed by atoms with Crippen molar-refractivity contribution in [2.45, 2.75) is 141 Å². The predicted molar refractivity (Wildman–Crippen MR) is 127 cm³/mol. The number of hydrogen-bond acceptors (Lipinski definition) is 6. The Balaban J connectivity index is 3.69. The van der Waals surface area contributed by atoms with Crippen LogP contribution in [0.25, 0.3) is 0 Å². The van der Waals surface area contributed by atoms with Crippen LogP contribution in [0.4, 0.5) is 0 Å². The Morgan fingerprint density at radius 1 is 0.750 bits per heavy atom. The maximum Gasteiger partial charge on any atom is 0.306 e. The van der Waals surface area contributed by atoms with Gasteiger partial charge in [-0.2, -0.15) is 0 Å². The summed E-state index contributed by atoms with van der Waals surface area (Å²) in [6.07, 6.45) is 17.4. The van der Waals surface area contributed by atoms with Crippen LogP contribution in [-0.4, -0.2) is 47.1 Å². The van der Waals surface area contributed by atoms with Gasteiger partial charge in [-0.1, -0.05) is 96.8 Å². The average molecular weight is 457 g/mol. The number of ether oxygens (including phenoxy) is 1. The number of carbonyl (C=O) groups excluding carboxylic acids is 3. The quantitative estimate of drug-likeness (QED) is 0.114. The van der Waals surface area contributed by atoms with E-state index in [-0.39, 0.29) is 19.3 Å². The van der Waals surface area contributed by atoms with Crippen LogP contribution >= 0.6 is 0 Å². The van der Waals surface area contributed by atoms with E-state index >= 15 is 0 Å². The number of rotatable bonds is 24. The van der Waals surface area contributed by atoms with Crippen molar-refractivity contribution in [2.75, 3.05) is 6.61 Å². The van der Waals surface area contributed by atoms with Gasteiger partial charge in [0.05, 0.1) is 6.61 Å². The topological polar surface area (TPSA) is 101 Å². The Labute approximate surface area is 195 Å². The lowest BCUT2D eigenvalue weighted by atomic mass is 10.0. The molecule has 0 amide bonds. The number of carbonyl (C=O) groups is 3. The summed E-state index contributed by atoms with van der Waals surface area (Å²) in [7, 11) is 0. The van der Waals surface area contributed by atoms with Crippen LogP contribution in [0.15, 0.2) is 0 Å². The van der Waals surface area contributed by atoms with Gasteiger partial charge < -0.3 is 19.7 Å². The second-order valence-corrected chi connectivity index (χ2v) is 8.89. The summed E-state index contributed by atoms with van der Waals surface area (Å²) in [5, 5.41) is 18.9. The minimum atomic E-state index is -1.43. The van der Waals surface area contributed by atoms with E-state index in [2.05, 4.69) is 6.92 Å². The fraction of sp³-hybridized carbons (Fsp3) is 0.885. The third-order valence-electron chi connectivity index (χ3n) is 5.84. The molecule has 6 nitrogen and oxygen atoms in total. The van der Waals surface area contributed by atoms with Crippen LogP contribution in [0.3, 0.4) is 0 Å². The molecule has 188 valence electrons. The SMILES string of the molecule is CCCCCCCCCCCCCCCCCC(=O)O[C@H](C(=O)CCCC=O)[C@@H](O)CO. The molecule has 0 aliphatic carbocycles. The minimum absolute atomic E-state index is 0.0344. The molecular weight excluding hydrogens is 408 g/mol. The number of aldehydes is 1. The zero-order valence-electron chi connectivity index (χ0n) is 20.4. The molecule has 0 fully saturated rings. The van der Waals surface area contributed by atoms with E-state index in [1.807, 2.05) is 0 Å². The molecular formula is C26H48O6. The third kappa shape index (κ3) is 18.3. The smallest absolute Gasteiger partial charge is 0.306 e. The zero-order valence-corrected chi connectivity index (χ0v) is 20.4. The summed E-state index contributed by atoms with van der Waals surface area (Å²) in [6.45, 7) is 1.59. The average Bonchev–Trinajstić information content (AvgIpc) is 2.79. The van der Waals surface area contributed by atoms with Crippen molar-refractivity contribution in [3.05, 3.63) is 0 Å². The van der Waals surface area contributed by atoms with Gasteiger partial charge in [-0.25, -0.2) is 0 Å². The van der Waals surface area contributed by atoms with Gasteiger partial charge in [0.2, 0.25) is 0 Å². The van der Waals surface area contributed by atoms with E-state index in [1.54, 1.807) is 0 Å². The molecule has 0 aliphatic heterocycles. The number of aliphatic hydroxyl groups is 2. The van der Waals surface area contributed by atoms with Crippen LogP contribution < -0.4 is 0 Å². The molecule has 0 aromatic rings. The highest BCUT2D eigenvalue weighted by Gasteiger charge is 2.29. The molecule has 6 heteroatoms. The number of hydrogen-bond donors (Lipinski definition) is 2. The van der Waals surface area contributed by atoms with Crippen molar-refractivity contribution in [2.24, 2.45) is 0 Å². The molecule has 2 atom stereocenters. The molecule has 0 saturated carbocycles. The summed E-state index contributed by atoms with van der Waals surface area (Å²) in [5.74, 6) is -0.987. The fourth-order valence-electron chi connectivity index (χ4n) is 3.80. The largest absolute Gasteiger partial charge is 0.451 e. The molecule has 2 N–H and O–H groups in total. The van der Waals surface area contributed by atoms with Crippen LogP contribution in [-0.2, 0) is 19.1 Å². The molecule has 0 aliphatic rings. The normalized spacial score (nSPS) is 13.0. The summed E-state index contributed by atoms with van der Waals surface area (Å²) in [4.78, 5) is 34.5. The third-order valence-corrected chi connectivity index (χ3v) is 5.84. The molecule has 0 unspecified atom stereocenters. The Hall–Kier alpha value is -1.27. The van der Waals surface area contributed by atoms with Crippen molar-refractivity contribution in [1.82, 2.24) is 0 Å². The van der Waals surface area contributed by atoms with E-state index < -0.39 is 30.6 Å². The zero-order chi connectivity index (χ0) is 23.9. The van der Waals surface area contributed by atoms with Gasteiger partial charge in [-0.15, -0.1) is 0 Å². The Morgan fingerprint density at radius 3 is 1.66 bits per heavy atom. The van der Waals surface area contributed by atoms with E-state index in [0.29, 0.717) is 19.1 Å². The predicted octanol–water partition coefficient (Wildman–Crippen LogP) is 5.45. The van der Waals surface area contributed by atoms with Gasteiger partial charge >= 0.3 is 5.97 Å². The van der Waals surface area contributed by atoms with Crippen LogP contribution in [0, 0.1) is 0 Å². The van der Waals surface area contributed by atoms with Gasteiger partial charge in [-0.3, -0.25) is 9.59 Å². The first-order valence-corrected chi connectivity index (χ1v) is 13.0. The van der Waals surface area contributed by atoms with E-state index in [1.165, 1.54) is 77.0 Å². The molecule has 32 heavy (non-hydrogen) atoms. The van der Waals surface area contributed by atoms with Gasteiger partial charge in [0.15, 0.2) is 11.9 Å². The summed E-state index contributed by atoms with van der Waals surface area (Å²) >= 11 is 0. The summed E-state index contributed by atoms with van der Waals surface area (Å²) < 4.78 is 5.13. The standard InChI is InChI=1S/C26H48O6/c1-2-3-4-5-6-7-8-9-10-11-12-13-14-15-16-20-25(31)32-26(24(30)22-28)23(29)19-17-18-21-27/h21,24,26,28,30H,2-20,22H2,1H3/t24-,26+/m0/s1. The molecule has 0 radical (unpaired) electrons. The van der Waals surface area contributed by atoms with Crippen LogP contribution in [0.1, 0.15) is 129 Å². The first-order chi connectivity index (χ1) is 15.6. The first kappa shape index (κ1) is 30.7. The van der Waals surface area contributed by atoms with Crippen molar-refractivity contribution < 1.29 is 29.3 Å². The van der Waals surface area contributed by atoms with E-state index in [0.717, 1.165) is 12.8 Å². The highest BCUT2D eigenvalue weighted by molar-refractivity contribution is 5.86. The number of ketones is 1. The number of esters is 1. The Morgan fingerprint density at radius 2 is 1.22 bits per heavy atom. The molecule has 0 saturated heterocycles. The molecule has 0 aromatic carbocycles. The van der Waals surface area contributed by atoms with Gasteiger partial charge in [0.25, 0.3) is 0 Å². The van der Waals surface area contributed by atoms with Gasteiger partial charge in [0.1, 0.15) is 12.4 Å². The van der Waals surface area contributed by atoms with Crippen molar-refractivity contribution in [1.29, 1.82) is 0 Å². The molecule has 0 aromatic heterocycles. The number of unbranched alkanes of at least 4 members (excludes halogenated alkanes) is 15. The van der Waals surface area contributed by atoms with Crippen molar-refractivity contribution in [3.8, 4) is 0 Å². The highest BCUT2D eigenvalue weighted by Crippen LogP contribution is 2.14. The van der Waals surface area contributed by atoms with Crippen LogP contribution in [0.2, 0.25) is 0 Å². The molecule has 0 bridgehead atoms. The van der Waals surface area contributed by atoms with Crippen molar-refractivity contribution >= 4 is 18.0 Å². The number of aliphatic hydroxyl groups excluding tert-OH is 2. The number of Topliss-reactive ketones (excluding diaryl/α,β-unsaturated/α-hetero) is 1. The molecule has 0 rings (SSSR count). The lowest BCUT2D eigenvalue weighted by molar-refractivity contribution is -0.163. The second kappa shape index (κ2) is 22.9. The fourth-order valence-corrected chi connectivity index (χ4v) is 3.80. The second-order valence-electron chi connectivity index (χ2n) is 8.89. The monoisotopic (exact) mass is 456 g/mol. The first-order valence-electron chi connectivity index (χ1n) is 13.0. The maximum atomic E-state index is 12.1. The molecule has 0 spiro atoms. The van der Waals surface area contributed by atoms with Crippen LogP contribution in [0.5, 0.6) is 0 Å². The van der Waals surface area contributed by atoms with E-state index in [4.69, 9.17) is 9.84 Å². The lowest BCUT2D eigenvalue weighted by Crippen LogP contribution is -2.40. The van der Waals surface area contributed by atoms with E-state index in [9.17, 15) is 19.5 Å². The molecule has 0 heterocycles. The Bertz CT molecular complexity index is 465. The van der Waals surface area contributed by atoms with Gasteiger partial charge in [-0.05, 0) is 12.8 Å². The van der Waals surface area contributed by atoms with Gasteiger partial charge in [0, 0.05) is 19.3 Å². The Kier molecular flexibility index (Phi) is 22.0. The highest BCUT2D eigenvalue weighted by atomic mass is 16.6. The summed E-state index contributed by atoms with van der Waals surface area (Å²) in [5.41, 5.74) is 0.